The van der Waals surface area contributed by atoms with Crippen molar-refractivity contribution in [1.29, 1.82) is 0 Å². The zero-order valence-electron chi connectivity index (χ0n) is 56.2. The Morgan fingerprint density at radius 2 is 1.26 bits per heavy atom. The lowest BCUT2D eigenvalue weighted by atomic mass is 9.90. The lowest BCUT2D eigenvalue weighted by Gasteiger charge is -2.36. The van der Waals surface area contributed by atoms with Gasteiger partial charge in [0, 0.05) is 132 Å². The largest absolute Gasteiger partial charge is 0.425 e. The zero-order valence-corrected chi connectivity index (χ0v) is 56.2. The van der Waals surface area contributed by atoms with Gasteiger partial charge in [-0.1, -0.05) is 94.4 Å². The molecule has 0 radical (unpaired) electrons. The van der Waals surface area contributed by atoms with Crippen molar-refractivity contribution >= 4 is 0 Å². The SMILES string of the molecule is CC(C)(C)C1=CCN=N1.CC(C)(C)c1cn[nH]c1.CC(C)C1=CCC=C1.CC(C)N1CCNCC1.CC(C)n1cccn1.CCCN1CCN(C(C)C)CC1.Cc1ccn(C(C)C)n1.Cc1cnn(C(C)C)c1.Cc1nnc(C(C)C)o1. The number of allylic oxidation sites excluding steroid dienone is 5. The summed E-state index contributed by atoms with van der Waals surface area (Å²) in [6, 6.07) is 6.86. The maximum atomic E-state index is 5.12. The first kappa shape index (κ1) is 74.7. The van der Waals surface area contributed by atoms with Crippen LogP contribution >= 0.6 is 0 Å². The lowest BCUT2D eigenvalue weighted by molar-refractivity contribution is 0.109. The van der Waals surface area contributed by atoms with Gasteiger partial charge in [0.15, 0.2) is 0 Å². The summed E-state index contributed by atoms with van der Waals surface area (Å²) < 4.78 is 10.9. The predicted molar refractivity (Wildman–Crippen MR) is 345 cm³/mol. The van der Waals surface area contributed by atoms with Gasteiger partial charge in [0.05, 0.1) is 30.3 Å². The molecule has 0 amide bonds. The van der Waals surface area contributed by atoms with Crippen LogP contribution in [-0.4, -0.2) is 142 Å². The number of aryl methyl sites for hydroxylation is 3. The highest BCUT2D eigenvalue weighted by atomic mass is 16.4. The topological polar surface area (TPSA) is 168 Å². The van der Waals surface area contributed by atoms with Gasteiger partial charge in [-0.25, -0.2) is 0 Å². The normalized spacial score (nSPS) is 15.3. The van der Waals surface area contributed by atoms with Crippen molar-refractivity contribution in [3.8, 4) is 0 Å². The van der Waals surface area contributed by atoms with Crippen LogP contribution < -0.4 is 5.32 Å². The Bertz CT molecular complexity index is 2330. The van der Waals surface area contributed by atoms with E-state index in [0.29, 0.717) is 41.7 Å². The molecular weight excluding hydrogens is 1020 g/mol. The summed E-state index contributed by atoms with van der Waals surface area (Å²) in [7, 11) is 0. The molecule has 0 atom stereocenters. The van der Waals surface area contributed by atoms with Crippen LogP contribution in [0.25, 0.3) is 0 Å². The van der Waals surface area contributed by atoms with Gasteiger partial charge in [-0.3, -0.25) is 28.9 Å². The van der Waals surface area contributed by atoms with E-state index in [9.17, 15) is 0 Å². The highest BCUT2D eigenvalue weighted by Gasteiger charge is 2.19. The van der Waals surface area contributed by atoms with Crippen molar-refractivity contribution in [3.63, 3.8) is 0 Å². The van der Waals surface area contributed by atoms with E-state index in [-0.39, 0.29) is 10.8 Å². The van der Waals surface area contributed by atoms with E-state index in [1.165, 1.54) is 68.9 Å². The number of aromatic amines is 1. The Hall–Kier alpha value is -5.36. The Labute approximate surface area is 499 Å². The number of hydrogen-bond acceptors (Lipinski definition) is 13. The van der Waals surface area contributed by atoms with Crippen molar-refractivity contribution in [2.45, 2.75) is 221 Å². The van der Waals surface area contributed by atoms with E-state index in [4.69, 9.17) is 4.42 Å². The minimum Gasteiger partial charge on any atom is -0.425 e. The molecule has 17 nitrogen and oxygen atoms in total. The van der Waals surface area contributed by atoms with Crippen LogP contribution in [0.4, 0.5) is 0 Å². The maximum absolute atomic E-state index is 5.12. The van der Waals surface area contributed by atoms with Crippen molar-refractivity contribution < 1.29 is 4.42 Å². The molecule has 0 saturated carbocycles. The van der Waals surface area contributed by atoms with Crippen molar-refractivity contribution in [2.24, 2.45) is 21.6 Å². The van der Waals surface area contributed by atoms with Gasteiger partial charge in [-0.2, -0.15) is 30.6 Å². The summed E-state index contributed by atoms with van der Waals surface area (Å²) >= 11 is 0. The number of H-pyrrole nitrogens is 1. The Morgan fingerprint density at radius 1 is 0.646 bits per heavy atom. The standard InChI is InChI=1S/C10H22N2.C8H12.4C7H12N2.C7H16N2.C6H10N2O.C6H10N2/c1-4-5-11-6-8-12(9-7-11)10(2)3;1-7(2)8-5-3-4-6-8;1-7(2,3)6-4-8-9-5-6;1-6(2)9-5-7(3)4-8-9;1-7(2,3)6-4-5-8-9-6;1-6(2)9-5-4-7(3)8-9;1-7(2)9-5-3-8-4-6-9;1-4(2)6-8-7-5(3)9-6;1-6(2)8-5-3-4-7-8/h10H,4-9H2,1-3H3;3,5-7H,4H2,1-2H3;4-5H,1-3H3,(H,8,9);4-6H,1-3H3;4H,5H2,1-3H3;4-6H,1-3H3;7-8H,3-6H2,1-2H3;4H,1-3H3;3-6H,1-2H3. The fourth-order valence-corrected chi connectivity index (χ4v) is 7.89. The van der Waals surface area contributed by atoms with Gasteiger partial charge in [0.2, 0.25) is 11.8 Å². The first-order chi connectivity index (χ1) is 38.5. The first-order valence-corrected chi connectivity index (χ1v) is 30.6. The average Bonchev–Trinajstić information content (AvgIpc) is 4.30. The van der Waals surface area contributed by atoms with Gasteiger partial charge in [-0.15, -0.1) is 10.2 Å². The Morgan fingerprint density at radius 3 is 1.52 bits per heavy atom. The predicted octanol–water partition coefficient (Wildman–Crippen LogP) is 14.9. The average molecular weight is 1140 g/mol. The number of azo groups is 1. The molecule has 8 heterocycles. The summed E-state index contributed by atoms with van der Waals surface area (Å²) in [6.45, 7) is 63.2. The van der Waals surface area contributed by atoms with Crippen molar-refractivity contribution in [1.82, 2.24) is 69.8 Å². The van der Waals surface area contributed by atoms with Crippen LogP contribution in [0.15, 0.2) is 106 Å². The first-order valence-electron chi connectivity index (χ1n) is 30.6. The fourth-order valence-electron chi connectivity index (χ4n) is 7.89. The van der Waals surface area contributed by atoms with Crippen LogP contribution in [0.1, 0.15) is 211 Å². The molecule has 2 N–H and O–H groups in total. The van der Waals surface area contributed by atoms with Crippen LogP contribution in [-0.2, 0) is 5.41 Å². The molecule has 2 saturated heterocycles. The molecule has 2 fully saturated rings. The smallest absolute Gasteiger partial charge is 0.219 e. The number of hydrogen-bond donors (Lipinski definition) is 2. The quantitative estimate of drug-likeness (QED) is 0.144. The van der Waals surface area contributed by atoms with Crippen LogP contribution in [0, 0.1) is 32.1 Å². The second-order valence-electron chi connectivity index (χ2n) is 25.4. The van der Waals surface area contributed by atoms with Crippen LogP contribution in [0.2, 0.25) is 0 Å². The maximum Gasteiger partial charge on any atom is 0.219 e. The van der Waals surface area contributed by atoms with E-state index in [2.05, 4.69) is 222 Å². The van der Waals surface area contributed by atoms with E-state index < -0.39 is 0 Å². The molecule has 17 heteroatoms. The molecule has 82 heavy (non-hydrogen) atoms. The molecule has 9 rings (SSSR count). The number of nitrogens with zero attached hydrogens (tertiary/aromatic N) is 14. The molecule has 5 aromatic rings. The molecular formula is C65H118N16O. The second-order valence-corrected chi connectivity index (χ2v) is 25.4. The van der Waals surface area contributed by atoms with Gasteiger partial charge in [0.25, 0.3) is 0 Å². The Kier molecular flexibility index (Phi) is 36.4. The molecule has 0 spiro atoms. The molecule has 464 valence electrons. The summed E-state index contributed by atoms with van der Waals surface area (Å²) in [5, 5.41) is 37.7. The number of rotatable bonds is 9. The third-order valence-electron chi connectivity index (χ3n) is 13.3. The third kappa shape index (κ3) is 33.1. The fraction of sp³-hybridized carbons (Fsp3) is 0.692. The van der Waals surface area contributed by atoms with Crippen LogP contribution in [0.3, 0.4) is 0 Å². The molecule has 4 aliphatic rings. The summed E-state index contributed by atoms with van der Waals surface area (Å²) in [6.07, 6.45) is 24.7. The minimum atomic E-state index is 0.181. The van der Waals surface area contributed by atoms with Gasteiger partial charge >= 0.3 is 0 Å². The van der Waals surface area contributed by atoms with E-state index in [0.717, 1.165) is 49.5 Å². The summed E-state index contributed by atoms with van der Waals surface area (Å²) in [5.74, 6) is 2.41. The Balaban J connectivity index is 0.000000462. The zero-order chi connectivity index (χ0) is 62.0. The number of nitrogens with one attached hydrogen (secondary N) is 2. The van der Waals surface area contributed by atoms with Gasteiger partial charge in [-0.05, 0) is 149 Å². The molecule has 0 unspecified atom stereocenters. The highest BCUT2D eigenvalue weighted by molar-refractivity contribution is 5.27. The molecule has 1 aliphatic carbocycles. The van der Waals surface area contributed by atoms with Crippen LogP contribution in [0.5, 0.6) is 0 Å². The van der Waals surface area contributed by atoms with Crippen molar-refractivity contribution in [3.05, 3.63) is 120 Å². The van der Waals surface area contributed by atoms with E-state index in [1.807, 2.05) is 91.1 Å². The summed E-state index contributed by atoms with van der Waals surface area (Å²) in [4.78, 5) is 7.63. The molecule has 0 aromatic carbocycles. The number of piperazine rings is 2. The van der Waals surface area contributed by atoms with Gasteiger partial charge < -0.3 is 14.6 Å². The molecule has 5 aromatic heterocycles. The molecule has 3 aliphatic heterocycles. The van der Waals surface area contributed by atoms with E-state index >= 15 is 0 Å². The van der Waals surface area contributed by atoms with E-state index in [1.54, 1.807) is 13.1 Å². The highest BCUT2D eigenvalue weighted by Crippen LogP contribution is 2.28. The molecule has 0 bridgehead atoms. The van der Waals surface area contributed by atoms with Crippen molar-refractivity contribution in [2.75, 3.05) is 65.4 Å². The second kappa shape index (κ2) is 40.0. The number of aromatic nitrogens is 10. The minimum absolute atomic E-state index is 0.181. The monoisotopic (exact) mass is 1140 g/mol. The third-order valence-corrected chi connectivity index (χ3v) is 13.3. The van der Waals surface area contributed by atoms with Gasteiger partial charge in [0.1, 0.15) is 0 Å². The summed E-state index contributed by atoms with van der Waals surface area (Å²) in [5.41, 5.74) is 6.58. The lowest BCUT2D eigenvalue weighted by Crippen LogP contribution is -2.48.